The molecular formula is C24H20O12. The van der Waals surface area contributed by atoms with Gasteiger partial charge >= 0.3 is 30.2 Å². The zero-order valence-corrected chi connectivity index (χ0v) is 18.9. The molecule has 12 heteroatoms. The van der Waals surface area contributed by atoms with Crippen LogP contribution in [-0.4, -0.2) is 43.3 Å². The average Bonchev–Trinajstić information content (AvgIpc) is 2.85. The second kappa shape index (κ2) is 13.5. The predicted octanol–water partition coefficient (Wildman–Crippen LogP) is 3.70. The summed E-state index contributed by atoms with van der Waals surface area (Å²) in [6, 6.07) is 10.8. The number of benzene rings is 2. The zero-order valence-electron chi connectivity index (χ0n) is 18.9. The first-order valence-electron chi connectivity index (χ1n) is 9.97. The van der Waals surface area contributed by atoms with Crippen molar-refractivity contribution in [1.82, 2.24) is 0 Å². The summed E-state index contributed by atoms with van der Waals surface area (Å²) in [6.45, 7) is 7.07. The minimum Gasteiger partial charge on any atom is -0.425 e. The molecule has 1 unspecified atom stereocenters. The van der Waals surface area contributed by atoms with Gasteiger partial charge in [-0.1, -0.05) is 13.2 Å². The van der Waals surface area contributed by atoms with E-state index in [9.17, 15) is 24.0 Å². The van der Waals surface area contributed by atoms with E-state index in [0.29, 0.717) is 0 Å². The van der Waals surface area contributed by atoms with Crippen LogP contribution in [0, 0.1) is 0 Å². The lowest BCUT2D eigenvalue weighted by Crippen LogP contribution is -2.22. The van der Waals surface area contributed by atoms with Crippen molar-refractivity contribution < 1.29 is 57.1 Å². The second-order valence-corrected chi connectivity index (χ2v) is 6.35. The number of carbonyl (C=O) groups is 5. The summed E-state index contributed by atoms with van der Waals surface area (Å²) < 4.78 is 33.5. The van der Waals surface area contributed by atoms with E-state index in [1.165, 1.54) is 55.5 Å². The number of ether oxygens (including phenoxy) is 7. The van der Waals surface area contributed by atoms with Crippen molar-refractivity contribution in [2.45, 2.75) is 13.2 Å². The predicted molar refractivity (Wildman–Crippen MR) is 119 cm³/mol. The molecule has 0 fully saturated rings. The van der Waals surface area contributed by atoms with Crippen molar-refractivity contribution in [2.75, 3.05) is 6.79 Å². The molecule has 0 aliphatic rings. The minimum atomic E-state index is -1.19. The van der Waals surface area contributed by atoms with Crippen molar-refractivity contribution in [3.05, 3.63) is 79.4 Å². The molecule has 0 radical (unpaired) electrons. The summed E-state index contributed by atoms with van der Waals surface area (Å²) in [5, 5.41) is 0. The third-order valence-corrected chi connectivity index (χ3v) is 3.78. The van der Waals surface area contributed by atoms with E-state index in [1.54, 1.807) is 0 Å². The van der Waals surface area contributed by atoms with Crippen LogP contribution in [-0.2, 0) is 28.5 Å². The monoisotopic (exact) mass is 500 g/mol. The summed E-state index contributed by atoms with van der Waals surface area (Å²) in [4.78, 5) is 57.5. The Bertz CT molecular complexity index is 1120. The van der Waals surface area contributed by atoms with Crippen LogP contribution in [0.15, 0.2) is 73.8 Å². The molecule has 2 aromatic carbocycles. The summed E-state index contributed by atoms with van der Waals surface area (Å²) in [7, 11) is 0. The van der Waals surface area contributed by atoms with Gasteiger partial charge in [0, 0.05) is 19.1 Å². The van der Waals surface area contributed by atoms with E-state index in [2.05, 4.69) is 27.4 Å². The van der Waals surface area contributed by atoms with Crippen LogP contribution in [0.5, 0.6) is 17.2 Å². The fourth-order valence-corrected chi connectivity index (χ4v) is 2.21. The Morgan fingerprint density at radius 3 is 1.75 bits per heavy atom. The third kappa shape index (κ3) is 9.39. The Labute approximate surface area is 204 Å². The lowest BCUT2D eigenvalue weighted by atomic mass is 10.2. The molecular weight excluding hydrogens is 480 g/mol. The second-order valence-electron chi connectivity index (χ2n) is 6.35. The van der Waals surface area contributed by atoms with Gasteiger partial charge < -0.3 is 33.2 Å². The van der Waals surface area contributed by atoms with Crippen molar-refractivity contribution in [3.63, 3.8) is 0 Å². The van der Waals surface area contributed by atoms with Gasteiger partial charge in [0.1, 0.15) is 17.2 Å². The zero-order chi connectivity index (χ0) is 26.5. The highest BCUT2D eigenvalue weighted by Crippen LogP contribution is 2.20. The number of hydrogen-bond acceptors (Lipinski definition) is 12. The summed E-state index contributed by atoms with van der Waals surface area (Å²) in [5.41, 5.74) is 0.141. The highest BCUT2D eigenvalue weighted by atomic mass is 16.8. The van der Waals surface area contributed by atoms with E-state index in [0.717, 1.165) is 12.2 Å². The molecule has 0 amide bonds. The van der Waals surface area contributed by atoms with Gasteiger partial charge in [-0.25, -0.2) is 24.0 Å². The van der Waals surface area contributed by atoms with Gasteiger partial charge in [-0.2, -0.15) is 0 Å². The Kier molecular flexibility index (Phi) is 10.2. The largest absolute Gasteiger partial charge is 0.516 e. The Morgan fingerprint density at radius 1 is 0.694 bits per heavy atom. The average molecular weight is 500 g/mol. The van der Waals surface area contributed by atoms with Gasteiger partial charge in [0.25, 0.3) is 0 Å². The molecule has 36 heavy (non-hydrogen) atoms. The highest BCUT2D eigenvalue weighted by Gasteiger charge is 2.15. The summed E-state index contributed by atoms with van der Waals surface area (Å²) in [5.74, 6) is -1.97. The van der Waals surface area contributed by atoms with Crippen LogP contribution < -0.4 is 14.2 Å². The first-order chi connectivity index (χ1) is 17.2. The molecule has 0 bridgehead atoms. The maximum atomic E-state index is 12.3. The van der Waals surface area contributed by atoms with Crippen LogP contribution in [0.3, 0.4) is 0 Å². The molecule has 188 valence electrons. The number of esters is 3. The van der Waals surface area contributed by atoms with Gasteiger partial charge in [0.15, 0.2) is 0 Å². The molecule has 0 aliphatic heterocycles. The first kappa shape index (κ1) is 27.1. The quantitative estimate of drug-likeness (QED) is 0.154. The number of rotatable bonds is 10. The topological polar surface area (TPSA) is 150 Å². The van der Waals surface area contributed by atoms with Crippen molar-refractivity contribution in [1.29, 1.82) is 0 Å². The SMILES string of the molecule is C=CC(=O)OCOC(=O)Oc1ccc(C(=O)Oc2ccc(OC(=O)OC(C)OC(=O)C=C)cc2)cc1. The summed E-state index contributed by atoms with van der Waals surface area (Å²) in [6.07, 6.45) is -1.61. The van der Waals surface area contributed by atoms with Crippen LogP contribution >= 0.6 is 0 Å². The molecule has 12 nitrogen and oxygen atoms in total. The van der Waals surface area contributed by atoms with Crippen molar-refractivity contribution in [3.8, 4) is 17.2 Å². The van der Waals surface area contributed by atoms with Crippen LogP contribution in [0.1, 0.15) is 17.3 Å². The van der Waals surface area contributed by atoms with Gasteiger partial charge in [-0.15, -0.1) is 0 Å². The van der Waals surface area contributed by atoms with Gasteiger partial charge in [-0.05, 0) is 48.5 Å². The maximum absolute atomic E-state index is 12.3. The minimum absolute atomic E-state index is 0.0635. The van der Waals surface area contributed by atoms with Crippen LogP contribution in [0.25, 0.3) is 0 Å². The number of hydrogen-bond donors (Lipinski definition) is 0. The van der Waals surface area contributed by atoms with E-state index >= 15 is 0 Å². The molecule has 0 saturated carbocycles. The van der Waals surface area contributed by atoms with Crippen molar-refractivity contribution in [2.24, 2.45) is 0 Å². The van der Waals surface area contributed by atoms with Gasteiger partial charge in [-0.3, -0.25) is 0 Å². The number of carbonyl (C=O) groups excluding carboxylic acids is 5. The van der Waals surface area contributed by atoms with Gasteiger partial charge in [0.2, 0.25) is 13.1 Å². The van der Waals surface area contributed by atoms with Gasteiger partial charge in [0.05, 0.1) is 5.56 Å². The third-order valence-electron chi connectivity index (χ3n) is 3.78. The Morgan fingerprint density at radius 2 is 1.19 bits per heavy atom. The molecule has 0 heterocycles. The molecule has 2 aromatic rings. The highest BCUT2D eigenvalue weighted by molar-refractivity contribution is 5.91. The smallest absolute Gasteiger partial charge is 0.425 e. The Balaban J connectivity index is 1.82. The molecule has 2 rings (SSSR count). The van der Waals surface area contributed by atoms with E-state index in [4.69, 9.17) is 18.9 Å². The molecule has 1 atom stereocenters. The first-order valence-corrected chi connectivity index (χ1v) is 9.97. The van der Waals surface area contributed by atoms with E-state index in [1.807, 2.05) is 0 Å². The lowest BCUT2D eigenvalue weighted by molar-refractivity contribution is -0.160. The Hall–Kier alpha value is -5.13. The van der Waals surface area contributed by atoms with E-state index < -0.39 is 43.3 Å². The molecule has 0 N–H and O–H groups in total. The molecule has 0 saturated heterocycles. The lowest BCUT2D eigenvalue weighted by Gasteiger charge is -2.12. The molecule has 0 aromatic heterocycles. The molecule has 0 spiro atoms. The van der Waals surface area contributed by atoms with Crippen molar-refractivity contribution >= 4 is 30.2 Å². The maximum Gasteiger partial charge on any atom is 0.516 e. The standard InChI is InChI=1S/C24H20O12/c1-4-20(25)30-14-31-23(28)35-18-8-6-16(7-9-18)22(27)34-17-10-12-19(13-11-17)36-24(29)33-15(3)32-21(26)5-2/h4-13,15H,1-2,14H2,3H3. The van der Waals surface area contributed by atoms with E-state index in [-0.39, 0.29) is 22.8 Å². The van der Waals surface area contributed by atoms with Crippen LogP contribution in [0.4, 0.5) is 9.59 Å². The summed E-state index contributed by atoms with van der Waals surface area (Å²) >= 11 is 0. The van der Waals surface area contributed by atoms with Crippen LogP contribution in [0.2, 0.25) is 0 Å². The fourth-order valence-electron chi connectivity index (χ4n) is 2.21. The molecule has 0 aliphatic carbocycles. The normalized spacial score (nSPS) is 10.6. The fraction of sp³-hybridized carbons (Fsp3) is 0.125.